The van der Waals surface area contributed by atoms with Gasteiger partial charge in [0.15, 0.2) is 5.41 Å². The fourth-order valence-corrected chi connectivity index (χ4v) is 0.233. The van der Waals surface area contributed by atoms with E-state index in [1.165, 1.54) is 0 Å². The molecule has 67 valence electrons. The van der Waals surface area contributed by atoms with Gasteiger partial charge in [-0.1, -0.05) is 0 Å². The Hall–Kier alpha value is -0.420. The van der Waals surface area contributed by atoms with E-state index in [9.17, 15) is 26.3 Å². The van der Waals surface area contributed by atoms with E-state index in [2.05, 4.69) is 0 Å². The molecule has 0 aliphatic heterocycles. The summed E-state index contributed by atoms with van der Waals surface area (Å²) < 4.78 is 69.5. The Balaban J connectivity index is 4.61. The summed E-state index contributed by atoms with van der Waals surface area (Å²) in [6.45, 7) is -2.03. The van der Waals surface area contributed by atoms with E-state index in [1.807, 2.05) is 0 Å². The second-order valence-electron chi connectivity index (χ2n) is 2.22. The van der Waals surface area contributed by atoms with Crippen LogP contribution in [0, 0.1) is 11.8 Å². The molecule has 0 saturated carbocycles. The van der Waals surface area contributed by atoms with Gasteiger partial charge in [-0.2, -0.15) is 22.0 Å². The molecule has 0 fully saturated rings. The zero-order chi connectivity index (χ0) is 9.28. The van der Waals surface area contributed by atoms with Crippen molar-refractivity contribution in [3.05, 3.63) is 6.43 Å². The first-order valence-corrected chi connectivity index (χ1v) is 2.57. The van der Waals surface area contributed by atoms with Crippen molar-refractivity contribution in [1.29, 1.82) is 0 Å². The van der Waals surface area contributed by atoms with Gasteiger partial charge in [0.2, 0.25) is 0 Å². The van der Waals surface area contributed by atoms with Crippen molar-refractivity contribution in [2.75, 3.05) is 6.67 Å². The minimum atomic E-state index is -5.24. The molecule has 6 heteroatoms. The fourth-order valence-electron chi connectivity index (χ4n) is 0.233. The van der Waals surface area contributed by atoms with Gasteiger partial charge in [-0.15, -0.1) is 0 Å². The molecule has 0 rings (SSSR count). The van der Waals surface area contributed by atoms with Crippen molar-refractivity contribution in [3.8, 4) is 0 Å². The molecule has 0 heterocycles. The van der Waals surface area contributed by atoms with Crippen molar-refractivity contribution < 1.29 is 26.3 Å². The monoisotopic (exact) mass is 179 g/mol. The van der Waals surface area contributed by atoms with Crippen LogP contribution in [-0.2, 0) is 0 Å². The Kier molecular flexibility index (Phi) is 2.79. The van der Waals surface area contributed by atoms with Crippen molar-refractivity contribution in [2.24, 2.45) is 5.41 Å². The maximum atomic E-state index is 11.6. The minimum Gasteiger partial charge on any atom is -0.250 e. The van der Waals surface area contributed by atoms with Gasteiger partial charge in [-0.3, -0.25) is 0 Å². The molecule has 0 spiro atoms. The SMILES string of the molecule is CC(CF)([C](F)F)C(F)(F)F. The lowest BCUT2D eigenvalue weighted by molar-refractivity contribution is -0.235. The molecule has 0 saturated heterocycles. The zero-order valence-electron chi connectivity index (χ0n) is 5.47. The first-order valence-electron chi connectivity index (χ1n) is 2.57. The first kappa shape index (κ1) is 10.6. The molecule has 0 amide bonds. The Bertz CT molecular complexity index is 127. The van der Waals surface area contributed by atoms with Gasteiger partial charge >= 0.3 is 12.6 Å². The Morgan fingerprint density at radius 3 is 1.55 bits per heavy atom. The molecule has 0 aliphatic carbocycles. The van der Waals surface area contributed by atoms with Crippen LogP contribution in [0.15, 0.2) is 0 Å². The molecule has 0 N–H and O–H groups in total. The molecular formula is C5H5F6. The third-order valence-electron chi connectivity index (χ3n) is 1.31. The number of rotatable bonds is 2. The standard InChI is InChI=1S/C5H5F6/c1-4(2-6,3(7)8)5(9,10)11/h2H2,1H3. The van der Waals surface area contributed by atoms with E-state index >= 15 is 0 Å². The van der Waals surface area contributed by atoms with Gasteiger partial charge in [-0.25, -0.2) is 4.39 Å². The van der Waals surface area contributed by atoms with Crippen LogP contribution in [0.4, 0.5) is 26.3 Å². The van der Waals surface area contributed by atoms with E-state index in [-0.39, 0.29) is 6.92 Å². The second-order valence-corrected chi connectivity index (χ2v) is 2.22. The lowest BCUT2D eigenvalue weighted by Crippen LogP contribution is -2.39. The molecule has 0 aromatic heterocycles. The molecule has 0 aliphatic rings. The first-order chi connectivity index (χ1) is 4.75. The maximum Gasteiger partial charge on any atom is 0.402 e. The summed E-state index contributed by atoms with van der Waals surface area (Å²) in [5.74, 6) is 0. The Morgan fingerprint density at radius 1 is 1.18 bits per heavy atom. The van der Waals surface area contributed by atoms with E-state index < -0.39 is 24.7 Å². The molecule has 1 unspecified atom stereocenters. The Morgan fingerprint density at radius 2 is 1.55 bits per heavy atom. The van der Waals surface area contributed by atoms with Gasteiger partial charge in [-0.05, 0) is 6.92 Å². The highest BCUT2D eigenvalue weighted by molar-refractivity contribution is 4.94. The van der Waals surface area contributed by atoms with Crippen LogP contribution in [0.2, 0.25) is 0 Å². The van der Waals surface area contributed by atoms with E-state index in [0.29, 0.717) is 0 Å². The van der Waals surface area contributed by atoms with E-state index in [0.717, 1.165) is 0 Å². The van der Waals surface area contributed by atoms with E-state index in [4.69, 9.17) is 0 Å². The van der Waals surface area contributed by atoms with Crippen LogP contribution in [0.3, 0.4) is 0 Å². The van der Waals surface area contributed by atoms with Crippen LogP contribution in [0.1, 0.15) is 6.92 Å². The second kappa shape index (κ2) is 2.91. The predicted octanol–water partition coefficient (Wildman–Crippen LogP) is 2.95. The largest absolute Gasteiger partial charge is 0.402 e. The zero-order valence-corrected chi connectivity index (χ0v) is 5.47. The summed E-state index contributed by atoms with van der Waals surface area (Å²) in [4.78, 5) is 0. The molecule has 0 bridgehead atoms. The number of halogens is 6. The van der Waals surface area contributed by atoms with Crippen LogP contribution < -0.4 is 0 Å². The van der Waals surface area contributed by atoms with Crippen LogP contribution >= 0.6 is 0 Å². The van der Waals surface area contributed by atoms with Crippen LogP contribution in [0.25, 0.3) is 0 Å². The lowest BCUT2D eigenvalue weighted by atomic mass is 9.92. The smallest absolute Gasteiger partial charge is 0.250 e. The van der Waals surface area contributed by atoms with Gasteiger partial charge in [0.1, 0.15) is 6.67 Å². The summed E-state index contributed by atoms with van der Waals surface area (Å²) in [5.41, 5.74) is -3.60. The van der Waals surface area contributed by atoms with Crippen LogP contribution in [0.5, 0.6) is 0 Å². The summed E-state index contributed by atoms with van der Waals surface area (Å²) in [6, 6.07) is 0. The molecule has 11 heavy (non-hydrogen) atoms. The van der Waals surface area contributed by atoms with Crippen molar-refractivity contribution in [2.45, 2.75) is 13.1 Å². The topological polar surface area (TPSA) is 0 Å². The maximum absolute atomic E-state index is 11.6. The van der Waals surface area contributed by atoms with E-state index in [1.54, 1.807) is 0 Å². The summed E-state index contributed by atoms with van der Waals surface area (Å²) in [6.07, 6.45) is -8.19. The predicted molar refractivity (Wildman–Crippen MR) is 25.6 cm³/mol. The summed E-state index contributed by atoms with van der Waals surface area (Å²) in [7, 11) is 0. The van der Waals surface area contributed by atoms with Gasteiger partial charge in [0.05, 0.1) is 0 Å². The summed E-state index contributed by atoms with van der Waals surface area (Å²) >= 11 is 0. The Labute approximate surface area is 59.2 Å². The normalized spacial score (nSPS) is 18.5. The lowest BCUT2D eigenvalue weighted by Gasteiger charge is -2.26. The minimum absolute atomic E-state index is 0.113. The highest BCUT2D eigenvalue weighted by Gasteiger charge is 2.59. The molecule has 0 aromatic rings. The summed E-state index contributed by atoms with van der Waals surface area (Å²) in [5, 5.41) is 0. The fraction of sp³-hybridized carbons (Fsp3) is 0.800. The third-order valence-corrected chi connectivity index (χ3v) is 1.31. The van der Waals surface area contributed by atoms with Crippen molar-refractivity contribution >= 4 is 0 Å². The molecule has 1 atom stereocenters. The number of alkyl halides is 4. The third kappa shape index (κ3) is 1.78. The van der Waals surface area contributed by atoms with Gasteiger partial charge in [0.25, 0.3) is 0 Å². The van der Waals surface area contributed by atoms with Gasteiger partial charge < -0.3 is 0 Å². The molecule has 0 aromatic carbocycles. The van der Waals surface area contributed by atoms with Crippen molar-refractivity contribution in [1.82, 2.24) is 0 Å². The molecule has 1 radical (unpaired) electrons. The number of hydrogen-bond acceptors (Lipinski definition) is 0. The quantitative estimate of drug-likeness (QED) is 0.571. The highest BCUT2D eigenvalue weighted by Crippen LogP contribution is 2.46. The van der Waals surface area contributed by atoms with Crippen LogP contribution in [-0.4, -0.2) is 12.9 Å². The average molecular weight is 179 g/mol. The average Bonchev–Trinajstić information content (AvgIpc) is 1.83. The highest BCUT2D eigenvalue weighted by atomic mass is 19.4. The van der Waals surface area contributed by atoms with Crippen molar-refractivity contribution in [3.63, 3.8) is 0 Å². The van der Waals surface area contributed by atoms with Gasteiger partial charge in [0, 0.05) is 0 Å². The molecule has 0 nitrogen and oxygen atoms in total. The number of hydrogen-bond donors (Lipinski definition) is 0. The molecular weight excluding hydrogens is 174 g/mol.